The molecule has 0 spiro atoms. The van der Waals surface area contributed by atoms with Gasteiger partial charge in [-0.1, -0.05) is 25.4 Å². The van der Waals surface area contributed by atoms with Crippen LogP contribution in [0, 0.1) is 6.92 Å². The summed E-state index contributed by atoms with van der Waals surface area (Å²) in [6.45, 7) is 5.90. The van der Waals surface area contributed by atoms with Crippen molar-refractivity contribution in [2.24, 2.45) is 0 Å². The van der Waals surface area contributed by atoms with Crippen molar-refractivity contribution in [2.75, 3.05) is 0 Å². The summed E-state index contributed by atoms with van der Waals surface area (Å²) >= 11 is 5.95. The van der Waals surface area contributed by atoms with Crippen molar-refractivity contribution in [1.29, 1.82) is 0 Å². The molecule has 0 heterocycles. The minimum atomic E-state index is 0.402. The molecule has 1 aliphatic carbocycles. The van der Waals surface area contributed by atoms with Gasteiger partial charge in [0.2, 0.25) is 0 Å². The summed E-state index contributed by atoms with van der Waals surface area (Å²) < 4.78 is 0. The SMILES string of the molecule is CC.Cc1cc(O)c(C2CC2)cc1Cl. The van der Waals surface area contributed by atoms with Crippen molar-refractivity contribution in [3.63, 3.8) is 0 Å². The molecule has 0 saturated heterocycles. The predicted molar refractivity (Wildman–Crippen MR) is 61.2 cm³/mol. The molecule has 1 N–H and O–H groups in total. The summed E-state index contributed by atoms with van der Waals surface area (Å²) in [6, 6.07) is 3.64. The van der Waals surface area contributed by atoms with E-state index in [2.05, 4.69) is 0 Å². The van der Waals surface area contributed by atoms with E-state index in [1.807, 2.05) is 26.8 Å². The van der Waals surface area contributed by atoms with Gasteiger partial charge in [0, 0.05) is 5.02 Å². The van der Waals surface area contributed by atoms with Gasteiger partial charge in [-0.25, -0.2) is 0 Å². The van der Waals surface area contributed by atoms with Crippen LogP contribution in [0.3, 0.4) is 0 Å². The highest BCUT2D eigenvalue weighted by Crippen LogP contribution is 2.45. The fraction of sp³-hybridized carbons (Fsp3) is 0.500. The highest BCUT2D eigenvalue weighted by Gasteiger charge is 2.26. The van der Waals surface area contributed by atoms with E-state index in [0.717, 1.165) is 16.1 Å². The van der Waals surface area contributed by atoms with Crippen molar-refractivity contribution in [3.8, 4) is 5.75 Å². The smallest absolute Gasteiger partial charge is 0.119 e. The van der Waals surface area contributed by atoms with Gasteiger partial charge in [0.1, 0.15) is 5.75 Å². The Balaban J connectivity index is 0.000000461. The normalized spacial score (nSPS) is 14.6. The Bertz CT molecular complexity index is 316. The summed E-state index contributed by atoms with van der Waals surface area (Å²) in [5, 5.41) is 10.3. The largest absolute Gasteiger partial charge is 0.508 e. The van der Waals surface area contributed by atoms with Gasteiger partial charge >= 0.3 is 0 Å². The zero-order valence-electron chi connectivity index (χ0n) is 8.97. The Hall–Kier alpha value is -0.690. The van der Waals surface area contributed by atoms with Crippen molar-refractivity contribution in [1.82, 2.24) is 0 Å². The second kappa shape index (κ2) is 4.70. The molecule has 0 bridgehead atoms. The Morgan fingerprint density at radius 2 is 1.86 bits per heavy atom. The predicted octanol–water partition coefficient (Wildman–Crippen LogP) is 4.26. The quantitative estimate of drug-likeness (QED) is 0.738. The van der Waals surface area contributed by atoms with Crippen LogP contribution in [0.5, 0.6) is 5.75 Å². The number of rotatable bonds is 1. The Labute approximate surface area is 90.7 Å². The highest BCUT2D eigenvalue weighted by molar-refractivity contribution is 6.31. The maximum Gasteiger partial charge on any atom is 0.119 e. The maximum absolute atomic E-state index is 9.57. The molecule has 1 nitrogen and oxygen atoms in total. The van der Waals surface area contributed by atoms with Gasteiger partial charge in [0.15, 0.2) is 0 Å². The van der Waals surface area contributed by atoms with Crippen LogP contribution in [0.15, 0.2) is 12.1 Å². The fourth-order valence-corrected chi connectivity index (χ4v) is 1.58. The molecule has 2 heteroatoms. The van der Waals surface area contributed by atoms with Crippen molar-refractivity contribution in [3.05, 3.63) is 28.3 Å². The zero-order valence-corrected chi connectivity index (χ0v) is 9.73. The van der Waals surface area contributed by atoms with Gasteiger partial charge in [-0.05, 0) is 48.9 Å². The molecule has 0 atom stereocenters. The number of benzene rings is 1. The standard InChI is InChI=1S/C10H11ClO.C2H6/c1-6-4-10(12)8(5-9(6)11)7-2-3-7;1-2/h4-5,7,12H,2-3H2,1H3;1-2H3. The maximum atomic E-state index is 9.57. The van der Waals surface area contributed by atoms with Gasteiger partial charge in [-0.15, -0.1) is 0 Å². The molecule has 14 heavy (non-hydrogen) atoms. The molecule has 78 valence electrons. The van der Waals surface area contributed by atoms with Gasteiger partial charge in [0.05, 0.1) is 0 Å². The summed E-state index contributed by atoms with van der Waals surface area (Å²) in [5.74, 6) is 0.961. The molecule has 0 aliphatic heterocycles. The van der Waals surface area contributed by atoms with Crippen LogP contribution < -0.4 is 0 Å². The molecule has 0 aromatic heterocycles. The van der Waals surface area contributed by atoms with Crippen LogP contribution in [0.25, 0.3) is 0 Å². The van der Waals surface area contributed by atoms with Gasteiger partial charge in [-0.2, -0.15) is 0 Å². The van der Waals surface area contributed by atoms with Crippen LogP contribution in [0.2, 0.25) is 5.02 Å². The average molecular weight is 213 g/mol. The molecular formula is C12H17ClO. The average Bonchev–Trinajstić information content (AvgIpc) is 2.98. The topological polar surface area (TPSA) is 20.2 Å². The van der Waals surface area contributed by atoms with E-state index in [1.165, 1.54) is 12.8 Å². The summed E-state index contributed by atoms with van der Waals surface area (Å²) in [6.07, 6.45) is 2.37. The Morgan fingerprint density at radius 3 is 2.36 bits per heavy atom. The first-order valence-electron chi connectivity index (χ1n) is 5.17. The Morgan fingerprint density at radius 1 is 1.29 bits per heavy atom. The first-order chi connectivity index (χ1) is 6.68. The van der Waals surface area contributed by atoms with Crippen LogP contribution in [-0.4, -0.2) is 5.11 Å². The number of phenols is 1. The van der Waals surface area contributed by atoms with Crippen LogP contribution in [0.4, 0.5) is 0 Å². The lowest BCUT2D eigenvalue weighted by Gasteiger charge is -2.05. The fourth-order valence-electron chi connectivity index (χ4n) is 1.40. The van der Waals surface area contributed by atoms with Gasteiger partial charge in [-0.3, -0.25) is 0 Å². The molecule has 0 amide bonds. The molecule has 0 radical (unpaired) electrons. The lowest BCUT2D eigenvalue weighted by Crippen LogP contribution is -1.83. The molecule has 2 rings (SSSR count). The van der Waals surface area contributed by atoms with E-state index in [-0.39, 0.29) is 0 Å². The number of aryl methyl sites for hydroxylation is 1. The third kappa shape index (κ3) is 2.42. The summed E-state index contributed by atoms with van der Waals surface area (Å²) in [5.41, 5.74) is 1.96. The molecule has 1 saturated carbocycles. The molecule has 0 unspecified atom stereocenters. The van der Waals surface area contributed by atoms with Crippen LogP contribution in [-0.2, 0) is 0 Å². The first-order valence-corrected chi connectivity index (χ1v) is 5.55. The first kappa shape index (κ1) is 11.4. The second-order valence-electron chi connectivity index (χ2n) is 3.43. The van der Waals surface area contributed by atoms with E-state index in [9.17, 15) is 5.11 Å². The Kier molecular flexibility index (Phi) is 3.82. The molecule has 1 aromatic carbocycles. The lowest BCUT2D eigenvalue weighted by atomic mass is 10.1. The van der Waals surface area contributed by atoms with E-state index in [0.29, 0.717) is 11.7 Å². The minimum Gasteiger partial charge on any atom is -0.508 e. The van der Waals surface area contributed by atoms with Crippen molar-refractivity contribution >= 4 is 11.6 Å². The summed E-state index contributed by atoms with van der Waals surface area (Å²) in [7, 11) is 0. The van der Waals surface area contributed by atoms with E-state index in [4.69, 9.17) is 11.6 Å². The monoisotopic (exact) mass is 212 g/mol. The van der Waals surface area contributed by atoms with Gasteiger partial charge < -0.3 is 5.11 Å². The lowest BCUT2D eigenvalue weighted by molar-refractivity contribution is 0.468. The number of aromatic hydroxyl groups is 1. The van der Waals surface area contributed by atoms with E-state index in [1.54, 1.807) is 6.07 Å². The third-order valence-electron chi connectivity index (χ3n) is 2.33. The minimum absolute atomic E-state index is 0.402. The molecule has 1 aromatic rings. The molecule has 1 fully saturated rings. The van der Waals surface area contributed by atoms with Crippen LogP contribution >= 0.6 is 11.6 Å². The second-order valence-corrected chi connectivity index (χ2v) is 3.84. The molecular weight excluding hydrogens is 196 g/mol. The number of phenolic OH excluding ortho intramolecular Hbond substituents is 1. The van der Waals surface area contributed by atoms with E-state index >= 15 is 0 Å². The number of hydrogen-bond donors (Lipinski definition) is 1. The van der Waals surface area contributed by atoms with Crippen molar-refractivity contribution in [2.45, 2.75) is 39.5 Å². The van der Waals surface area contributed by atoms with Crippen LogP contribution in [0.1, 0.15) is 43.7 Å². The zero-order chi connectivity index (χ0) is 10.7. The van der Waals surface area contributed by atoms with E-state index < -0.39 is 0 Å². The van der Waals surface area contributed by atoms with Gasteiger partial charge in [0.25, 0.3) is 0 Å². The number of hydrogen-bond acceptors (Lipinski definition) is 1. The van der Waals surface area contributed by atoms with Crippen molar-refractivity contribution < 1.29 is 5.11 Å². The summed E-state index contributed by atoms with van der Waals surface area (Å²) in [4.78, 5) is 0. The third-order valence-corrected chi connectivity index (χ3v) is 2.73. The number of halogens is 1. The molecule has 1 aliphatic rings. The highest BCUT2D eigenvalue weighted by atomic mass is 35.5.